The van der Waals surface area contributed by atoms with Crippen LogP contribution in [0, 0.1) is 6.92 Å². The average molecular weight is 542 g/mol. The van der Waals surface area contributed by atoms with E-state index in [0.717, 1.165) is 22.4 Å². The van der Waals surface area contributed by atoms with E-state index in [0.29, 0.717) is 31.6 Å². The molecule has 36 heavy (non-hydrogen) atoms. The highest BCUT2D eigenvalue weighted by Gasteiger charge is 2.35. The molecule has 0 aliphatic carbocycles. The van der Waals surface area contributed by atoms with E-state index in [-0.39, 0.29) is 18.6 Å². The Labute approximate surface area is 225 Å². The number of hydrogen-bond acceptors (Lipinski definition) is 5. The van der Waals surface area contributed by atoms with Crippen molar-refractivity contribution < 1.29 is 14.3 Å². The monoisotopic (exact) mass is 540 g/mol. The first-order valence-electron chi connectivity index (χ1n) is 11.4. The first-order chi connectivity index (χ1) is 17.3. The summed E-state index contributed by atoms with van der Waals surface area (Å²) in [6.07, 6.45) is 1.82. The van der Waals surface area contributed by atoms with E-state index in [9.17, 15) is 4.79 Å². The van der Waals surface area contributed by atoms with E-state index in [1.165, 1.54) is 11.8 Å². The van der Waals surface area contributed by atoms with E-state index >= 15 is 0 Å². The highest BCUT2D eigenvalue weighted by atomic mass is 35.5. The SMILES string of the molecule is COc1cccc(/C=C2/SC(=Nc3ccc(C)cc3)N(C(C)C)C2=O)c1OCc1ccc(Cl)cc1Cl. The summed E-state index contributed by atoms with van der Waals surface area (Å²) in [7, 11) is 1.58. The van der Waals surface area contributed by atoms with Crippen LogP contribution >= 0.6 is 35.0 Å². The normalized spacial score (nSPS) is 15.9. The van der Waals surface area contributed by atoms with Crippen molar-refractivity contribution in [2.24, 2.45) is 4.99 Å². The van der Waals surface area contributed by atoms with Gasteiger partial charge in [-0.2, -0.15) is 0 Å². The third kappa shape index (κ3) is 5.89. The molecule has 0 spiro atoms. The summed E-state index contributed by atoms with van der Waals surface area (Å²) in [6, 6.07) is 18.7. The number of carbonyl (C=O) groups excluding carboxylic acids is 1. The van der Waals surface area contributed by atoms with E-state index < -0.39 is 0 Å². The standard InChI is InChI=1S/C28H26Cl2N2O3S/c1-17(2)32-27(33)25(36-28(32)31-22-12-8-18(3)9-13-22)14-19-6-5-7-24(34-4)26(19)35-16-20-10-11-21(29)15-23(20)30/h5-15,17H,16H2,1-4H3/b25-14+,31-28?. The molecule has 1 heterocycles. The molecule has 3 aromatic carbocycles. The Hall–Kier alpha value is -2.93. The van der Waals surface area contributed by atoms with E-state index in [4.69, 9.17) is 37.7 Å². The number of carbonyl (C=O) groups is 1. The Balaban J connectivity index is 1.67. The number of hydrogen-bond donors (Lipinski definition) is 0. The van der Waals surface area contributed by atoms with Gasteiger partial charge >= 0.3 is 0 Å². The second-order valence-electron chi connectivity index (χ2n) is 8.51. The highest BCUT2D eigenvalue weighted by molar-refractivity contribution is 8.18. The summed E-state index contributed by atoms with van der Waals surface area (Å²) in [5.74, 6) is 0.974. The van der Waals surface area contributed by atoms with Crippen LogP contribution in [0.4, 0.5) is 5.69 Å². The minimum absolute atomic E-state index is 0.0480. The fourth-order valence-electron chi connectivity index (χ4n) is 3.64. The van der Waals surface area contributed by atoms with Crippen LogP contribution < -0.4 is 9.47 Å². The number of methoxy groups -OCH3 is 1. The minimum Gasteiger partial charge on any atom is -0.493 e. The topological polar surface area (TPSA) is 51.1 Å². The lowest BCUT2D eigenvalue weighted by atomic mass is 10.1. The summed E-state index contributed by atoms with van der Waals surface area (Å²) in [5.41, 5.74) is 3.46. The maximum absolute atomic E-state index is 13.4. The number of amidine groups is 1. The molecule has 0 aromatic heterocycles. The van der Waals surface area contributed by atoms with Crippen molar-refractivity contribution in [2.75, 3.05) is 7.11 Å². The number of ether oxygens (including phenoxy) is 2. The average Bonchev–Trinajstić information content (AvgIpc) is 3.15. The van der Waals surface area contributed by atoms with Crippen LogP contribution in [0.25, 0.3) is 6.08 Å². The zero-order valence-electron chi connectivity index (χ0n) is 20.4. The van der Waals surface area contributed by atoms with E-state index in [1.54, 1.807) is 24.1 Å². The third-order valence-corrected chi connectivity index (χ3v) is 7.08. The fraction of sp³-hybridized carbons (Fsp3) is 0.214. The lowest BCUT2D eigenvalue weighted by molar-refractivity contribution is -0.123. The summed E-state index contributed by atoms with van der Waals surface area (Å²) in [5, 5.41) is 1.72. The van der Waals surface area contributed by atoms with Gasteiger partial charge in [-0.25, -0.2) is 4.99 Å². The Morgan fingerprint density at radius 3 is 2.50 bits per heavy atom. The summed E-state index contributed by atoms with van der Waals surface area (Å²) in [6.45, 7) is 6.19. The molecule has 4 rings (SSSR count). The van der Waals surface area contributed by atoms with Crippen LogP contribution in [0.5, 0.6) is 11.5 Å². The lowest BCUT2D eigenvalue weighted by Gasteiger charge is -2.19. The molecule has 0 N–H and O–H groups in total. The van der Waals surface area contributed by atoms with Crippen LogP contribution in [-0.4, -0.2) is 29.1 Å². The zero-order chi connectivity index (χ0) is 25.8. The van der Waals surface area contributed by atoms with E-state index in [1.807, 2.05) is 75.4 Å². The van der Waals surface area contributed by atoms with Gasteiger partial charge in [0.25, 0.3) is 5.91 Å². The first kappa shape index (κ1) is 26.1. The molecule has 0 bridgehead atoms. The number of amides is 1. The molecule has 0 radical (unpaired) electrons. The number of aliphatic imine (C=N–C) groups is 1. The predicted molar refractivity (Wildman–Crippen MR) is 150 cm³/mol. The van der Waals surface area contributed by atoms with Crippen molar-refractivity contribution >= 4 is 57.8 Å². The molecule has 3 aromatic rings. The number of para-hydroxylation sites is 1. The van der Waals surface area contributed by atoms with Crippen LogP contribution in [0.1, 0.15) is 30.5 Å². The predicted octanol–water partition coefficient (Wildman–Crippen LogP) is 7.90. The van der Waals surface area contributed by atoms with Gasteiger partial charge in [-0.15, -0.1) is 0 Å². The molecule has 0 atom stereocenters. The van der Waals surface area contributed by atoms with Gasteiger partial charge in [-0.1, -0.05) is 59.1 Å². The number of nitrogens with zero attached hydrogens (tertiary/aromatic N) is 2. The molecular weight excluding hydrogens is 515 g/mol. The molecule has 186 valence electrons. The number of aryl methyl sites for hydroxylation is 1. The van der Waals surface area contributed by atoms with Gasteiger partial charge in [0.05, 0.1) is 17.7 Å². The molecule has 8 heteroatoms. The molecule has 0 unspecified atom stereocenters. The fourth-order valence-corrected chi connectivity index (χ4v) is 5.22. The minimum atomic E-state index is -0.102. The quantitative estimate of drug-likeness (QED) is 0.285. The van der Waals surface area contributed by atoms with Crippen molar-refractivity contribution in [3.05, 3.63) is 92.3 Å². The van der Waals surface area contributed by atoms with Crippen molar-refractivity contribution in [3.8, 4) is 11.5 Å². The molecule has 0 saturated carbocycles. The van der Waals surface area contributed by atoms with Gasteiger partial charge in [0.2, 0.25) is 0 Å². The molecule has 1 amide bonds. The molecule has 1 aliphatic rings. The second kappa shape index (κ2) is 11.4. The number of halogens is 2. The Kier molecular flexibility index (Phi) is 8.29. The van der Waals surface area contributed by atoms with Crippen LogP contribution in [0.15, 0.2) is 70.6 Å². The Morgan fingerprint density at radius 1 is 1.08 bits per heavy atom. The Bertz CT molecular complexity index is 1340. The van der Waals surface area contributed by atoms with Crippen molar-refractivity contribution in [3.63, 3.8) is 0 Å². The molecule has 1 saturated heterocycles. The summed E-state index contributed by atoms with van der Waals surface area (Å²) < 4.78 is 11.7. The summed E-state index contributed by atoms with van der Waals surface area (Å²) in [4.78, 5) is 20.4. The third-order valence-electron chi connectivity index (χ3n) is 5.52. The number of benzene rings is 3. The van der Waals surface area contributed by atoms with Crippen molar-refractivity contribution in [2.45, 2.75) is 33.4 Å². The number of rotatable bonds is 7. The van der Waals surface area contributed by atoms with Crippen LogP contribution in [0.3, 0.4) is 0 Å². The van der Waals surface area contributed by atoms with Crippen LogP contribution in [0.2, 0.25) is 10.0 Å². The van der Waals surface area contributed by atoms with Gasteiger partial charge in [-0.3, -0.25) is 9.69 Å². The van der Waals surface area contributed by atoms with Crippen LogP contribution in [-0.2, 0) is 11.4 Å². The second-order valence-corrected chi connectivity index (χ2v) is 10.4. The van der Waals surface area contributed by atoms with Gasteiger partial charge in [-0.05, 0) is 68.9 Å². The first-order valence-corrected chi connectivity index (χ1v) is 13.0. The van der Waals surface area contributed by atoms with Crippen molar-refractivity contribution in [1.29, 1.82) is 0 Å². The molecule has 5 nitrogen and oxygen atoms in total. The highest BCUT2D eigenvalue weighted by Crippen LogP contribution is 2.39. The Morgan fingerprint density at radius 2 is 1.83 bits per heavy atom. The maximum Gasteiger partial charge on any atom is 0.266 e. The smallest absolute Gasteiger partial charge is 0.266 e. The van der Waals surface area contributed by atoms with E-state index in [2.05, 4.69) is 0 Å². The molecular formula is C28H26Cl2N2O3S. The molecule has 1 aliphatic heterocycles. The largest absolute Gasteiger partial charge is 0.493 e. The van der Waals surface area contributed by atoms with Gasteiger partial charge < -0.3 is 9.47 Å². The van der Waals surface area contributed by atoms with Gasteiger partial charge in [0, 0.05) is 27.2 Å². The lowest BCUT2D eigenvalue weighted by Crippen LogP contribution is -2.35. The van der Waals surface area contributed by atoms with Crippen molar-refractivity contribution in [1.82, 2.24) is 4.90 Å². The zero-order valence-corrected chi connectivity index (χ0v) is 22.7. The maximum atomic E-state index is 13.4. The molecule has 1 fully saturated rings. The van der Waals surface area contributed by atoms with Gasteiger partial charge in [0.15, 0.2) is 16.7 Å². The summed E-state index contributed by atoms with van der Waals surface area (Å²) >= 11 is 13.7. The number of thioether (sulfide) groups is 1. The van der Waals surface area contributed by atoms with Gasteiger partial charge in [0.1, 0.15) is 6.61 Å².